The summed E-state index contributed by atoms with van der Waals surface area (Å²) in [6.45, 7) is 2.48. The van der Waals surface area contributed by atoms with Crippen molar-refractivity contribution < 1.29 is 9.26 Å². The first-order valence-corrected chi connectivity index (χ1v) is 8.30. The maximum atomic E-state index is 5.56. The highest BCUT2D eigenvalue weighted by atomic mass is 79.9. The Morgan fingerprint density at radius 2 is 2.21 bits per heavy atom. The van der Waals surface area contributed by atoms with Crippen LogP contribution in [-0.2, 0) is 11.8 Å². The van der Waals surface area contributed by atoms with E-state index >= 15 is 0 Å². The van der Waals surface area contributed by atoms with Gasteiger partial charge in [0.15, 0.2) is 11.5 Å². The molecule has 1 aliphatic heterocycles. The van der Waals surface area contributed by atoms with E-state index in [4.69, 9.17) is 9.26 Å². The number of anilines is 1. The highest BCUT2D eigenvalue weighted by molar-refractivity contribution is 9.10. The van der Waals surface area contributed by atoms with Gasteiger partial charge in [0.05, 0.1) is 11.5 Å². The van der Waals surface area contributed by atoms with Crippen LogP contribution in [0.25, 0.3) is 11.0 Å². The number of rotatable bonds is 3. The molecule has 126 valence electrons. The second-order valence-electron chi connectivity index (χ2n) is 5.75. The summed E-state index contributed by atoms with van der Waals surface area (Å²) in [6, 6.07) is -0.0960. The molecule has 1 fully saturated rings. The molecule has 0 N–H and O–H groups in total. The molecule has 9 nitrogen and oxygen atoms in total. The highest BCUT2D eigenvalue weighted by Crippen LogP contribution is 2.39. The van der Waals surface area contributed by atoms with Crippen molar-refractivity contribution in [2.45, 2.75) is 25.5 Å². The molecular formula is C14H16BrN7O2. The number of aromatic nitrogens is 6. The van der Waals surface area contributed by atoms with Gasteiger partial charge in [0.2, 0.25) is 5.89 Å². The van der Waals surface area contributed by atoms with E-state index in [-0.39, 0.29) is 12.1 Å². The van der Waals surface area contributed by atoms with Crippen LogP contribution < -0.4 is 4.90 Å². The molecule has 3 aromatic rings. The lowest BCUT2D eigenvalue weighted by Gasteiger charge is -2.23. The molecule has 10 heteroatoms. The van der Waals surface area contributed by atoms with Crippen molar-refractivity contribution in [2.24, 2.45) is 7.05 Å². The summed E-state index contributed by atoms with van der Waals surface area (Å²) in [5, 5.41) is 9.16. The largest absolute Gasteiger partial charge is 0.380 e. The van der Waals surface area contributed by atoms with E-state index in [0.717, 1.165) is 23.3 Å². The van der Waals surface area contributed by atoms with E-state index in [0.29, 0.717) is 22.9 Å². The quantitative estimate of drug-likeness (QED) is 0.664. The van der Waals surface area contributed by atoms with Gasteiger partial charge < -0.3 is 14.2 Å². The van der Waals surface area contributed by atoms with E-state index in [1.807, 2.05) is 7.05 Å². The monoisotopic (exact) mass is 393 g/mol. The van der Waals surface area contributed by atoms with Crippen LogP contribution in [0.5, 0.6) is 0 Å². The van der Waals surface area contributed by atoms with Gasteiger partial charge in [-0.25, -0.2) is 14.6 Å². The molecule has 24 heavy (non-hydrogen) atoms. The number of ether oxygens (including phenoxy) is 1. The molecule has 0 spiro atoms. The van der Waals surface area contributed by atoms with E-state index in [2.05, 4.69) is 46.0 Å². The van der Waals surface area contributed by atoms with Crippen LogP contribution in [0.15, 0.2) is 15.5 Å². The van der Waals surface area contributed by atoms with Crippen LogP contribution in [0, 0.1) is 6.92 Å². The molecule has 2 atom stereocenters. The first-order chi connectivity index (χ1) is 11.6. The Labute approximate surface area is 146 Å². The normalized spacial score (nSPS) is 21.1. The standard InChI is InChI=1S/C14H16BrN7O2/c1-7-18-14(24-20-7)9-4-8(23-3)5-22(9)13-10-11(15)19-21(2)12(10)16-6-17-13/h6,8-9H,4-5H2,1-3H3. The van der Waals surface area contributed by atoms with Crippen molar-refractivity contribution in [3.05, 3.63) is 22.6 Å². The van der Waals surface area contributed by atoms with Crippen molar-refractivity contribution in [3.8, 4) is 0 Å². The third kappa shape index (κ3) is 2.37. The lowest BCUT2D eigenvalue weighted by molar-refractivity contribution is 0.117. The molecule has 0 aromatic carbocycles. The number of methoxy groups -OCH3 is 1. The minimum absolute atomic E-state index is 0.0580. The molecule has 4 rings (SSSR count). The molecule has 2 unspecified atom stereocenters. The summed E-state index contributed by atoms with van der Waals surface area (Å²) < 4.78 is 13.4. The van der Waals surface area contributed by atoms with E-state index in [1.54, 1.807) is 25.0 Å². The summed E-state index contributed by atoms with van der Waals surface area (Å²) in [4.78, 5) is 15.3. The smallest absolute Gasteiger partial charge is 0.249 e. The zero-order chi connectivity index (χ0) is 16.8. The third-order valence-corrected chi connectivity index (χ3v) is 4.81. The Morgan fingerprint density at radius 3 is 2.92 bits per heavy atom. The Balaban J connectivity index is 1.84. The van der Waals surface area contributed by atoms with Crippen molar-refractivity contribution in [2.75, 3.05) is 18.6 Å². The summed E-state index contributed by atoms with van der Waals surface area (Å²) in [5.74, 6) is 1.96. The fourth-order valence-corrected chi connectivity index (χ4v) is 3.72. The van der Waals surface area contributed by atoms with Crippen LogP contribution in [0.3, 0.4) is 0 Å². The molecule has 0 bridgehead atoms. The van der Waals surface area contributed by atoms with Crippen LogP contribution in [0.4, 0.5) is 5.82 Å². The summed E-state index contributed by atoms with van der Waals surface area (Å²) >= 11 is 3.51. The summed E-state index contributed by atoms with van der Waals surface area (Å²) in [5.41, 5.74) is 0.758. The second kappa shape index (κ2) is 5.78. The lowest BCUT2D eigenvalue weighted by atomic mass is 10.2. The fraction of sp³-hybridized carbons (Fsp3) is 0.500. The number of fused-ring (bicyclic) bond motifs is 1. The zero-order valence-electron chi connectivity index (χ0n) is 13.5. The first-order valence-electron chi connectivity index (χ1n) is 7.51. The van der Waals surface area contributed by atoms with Crippen molar-refractivity contribution >= 4 is 32.8 Å². The number of nitrogens with zero attached hydrogens (tertiary/aromatic N) is 7. The molecule has 0 aliphatic carbocycles. The van der Waals surface area contributed by atoms with Gasteiger partial charge in [0.25, 0.3) is 0 Å². The van der Waals surface area contributed by atoms with E-state index in [9.17, 15) is 0 Å². The van der Waals surface area contributed by atoms with Gasteiger partial charge in [-0.3, -0.25) is 0 Å². The summed E-state index contributed by atoms with van der Waals surface area (Å²) in [7, 11) is 3.56. The van der Waals surface area contributed by atoms with Crippen LogP contribution in [0.2, 0.25) is 0 Å². The Kier molecular flexibility index (Phi) is 3.72. The van der Waals surface area contributed by atoms with Crippen LogP contribution in [-0.4, -0.2) is 49.6 Å². The Morgan fingerprint density at radius 1 is 1.38 bits per heavy atom. The lowest BCUT2D eigenvalue weighted by Crippen LogP contribution is -2.26. The molecule has 0 amide bonds. The number of hydrogen-bond acceptors (Lipinski definition) is 8. The number of hydrogen-bond donors (Lipinski definition) is 0. The first kappa shape index (κ1) is 15.5. The Bertz CT molecular complexity index is 893. The van der Waals surface area contributed by atoms with Gasteiger partial charge in [-0.15, -0.1) is 0 Å². The van der Waals surface area contributed by atoms with Crippen molar-refractivity contribution in [3.63, 3.8) is 0 Å². The molecule has 1 aliphatic rings. The maximum Gasteiger partial charge on any atom is 0.249 e. The van der Waals surface area contributed by atoms with E-state index < -0.39 is 0 Å². The maximum absolute atomic E-state index is 5.56. The van der Waals surface area contributed by atoms with Gasteiger partial charge >= 0.3 is 0 Å². The number of aryl methyl sites for hydroxylation is 2. The van der Waals surface area contributed by atoms with E-state index in [1.165, 1.54) is 0 Å². The van der Waals surface area contributed by atoms with Gasteiger partial charge in [-0.05, 0) is 22.9 Å². The fourth-order valence-electron chi connectivity index (χ4n) is 3.13. The molecule has 0 radical (unpaired) electrons. The third-order valence-electron chi connectivity index (χ3n) is 4.25. The molecule has 1 saturated heterocycles. The van der Waals surface area contributed by atoms with Crippen LogP contribution in [0.1, 0.15) is 24.2 Å². The topological polar surface area (TPSA) is 95.0 Å². The summed E-state index contributed by atoms with van der Waals surface area (Å²) in [6.07, 6.45) is 2.35. The minimum Gasteiger partial charge on any atom is -0.380 e. The predicted molar refractivity (Wildman–Crippen MR) is 88.5 cm³/mol. The SMILES string of the molecule is COC1CC(c2nc(C)no2)N(c2ncnc3c2c(Br)nn3C)C1. The van der Waals surface area contributed by atoms with Crippen molar-refractivity contribution in [1.29, 1.82) is 0 Å². The van der Waals surface area contributed by atoms with Gasteiger partial charge in [0, 0.05) is 27.1 Å². The average Bonchev–Trinajstić information content (AvgIpc) is 3.25. The minimum atomic E-state index is -0.0960. The van der Waals surface area contributed by atoms with Gasteiger partial charge in [0.1, 0.15) is 22.8 Å². The molecule has 0 saturated carbocycles. The molecule has 3 aromatic heterocycles. The highest BCUT2D eigenvalue weighted by Gasteiger charge is 2.39. The Hall–Kier alpha value is -2.07. The average molecular weight is 394 g/mol. The number of halogens is 1. The van der Waals surface area contributed by atoms with Gasteiger partial charge in [-0.1, -0.05) is 5.16 Å². The molecular weight excluding hydrogens is 378 g/mol. The second-order valence-corrected chi connectivity index (χ2v) is 6.50. The van der Waals surface area contributed by atoms with Crippen molar-refractivity contribution in [1.82, 2.24) is 29.9 Å². The van der Waals surface area contributed by atoms with Gasteiger partial charge in [-0.2, -0.15) is 10.1 Å². The predicted octanol–water partition coefficient (Wildman–Crippen LogP) is 1.78. The molecule has 4 heterocycles. The zero-order valence-corrected chi connectivity index (χ0v) is 15.1. The van der Waals surface area contributed by atoms with Crippen LogP contribution >= 0.6 is 15.9 Å².